The molecule has 1 aliphatic rings. The van der Waals surface area contributed by atoms with E-state index in [1.807, 2.05) is 44.2 Å². The highest BCUT2D eigenvalue weighted by Gasteiger charge is 2.30. The molecule has 160 valence electrons. The number of nitrogens with one attached hydrogen (secondary N) is 1. The maximum Gasteiger partial charge on any atom is 0.251 e. The van der Waals surface area contributed by atoms with Crippen LogP contribution in [0.1, 0.15) is 29.8 Å². The average molecular weight is 431 g/mol. The maximum atomic E-state index is 12.7. The van der Waals surface area contributed by atoms with E-state index in [4.69, 9.17) is 9.47 Å². The standard InChI is InChI=1S/C22H26N2O5S/c1-3-28-21(29-4-2)13-23-22(26)17-10-11-19-18(12-17)24(20(25)15-30(19)27)14-16-8-6-5-7-9-16/h5-12,21H,3-4,13-15H2,1-2H3,(H,23,26)/t30-/m1/s1. The van der Waals surface area contributed by atoms with Gasteiger partial charge in [0.15, 0.2) is 6.29 Å². The van der Waals surface area contributed by atoms with Gasteiger partial charge in [-0.2, -0.15) is 0 Å². The highest BCUT2D eigenvalue weighted by atomic mass is 32.2. The Kier molecular flexibility index (Phi) is 7.73. The fraction of sp³-hybridized carbons (Fsp3) is 0.364. The lowest BCUT2D eigenvalue weighted by Crippen LogP contribution is -2.39. The van der Waals surface area contributed by atoms with Crippen LogP contribution in [0.2, 0.25) is 0 Å². The predicted octanol–water partition coefficient (Wildman–Crippen LogP) is 2.47. The van der Waals surface area contributed by atoms with Gasteiger partial charge in [0.1, 0.15) is 5.75 Å². The maximum absolute atomic E-state index is 12.7. The van der Waals surface area contributed by atoms with Gasteiger partial charge in [-0.1, -0.05) is 30.3 Å². The molecule has 0 aliphatic carbocycles. The van der Waals surface area contributed by atoms with Crippen LogP contribution in [0.25, 0.3) is 0 Å². The van der Waals surface area contributed by atoms with Gasteiger partial charge in [0.2, 0.25) is 5.91 Å². The van der Waals surface area contributed by atoms with Crippen molar-refractivity contribution in [3.63, 3.8) is 0 Å². The Bertz CT molecular complexity index is 913. The Morgan fingerprint density at radius 2 is 1.83 bits per heavy atom. The summed E-state index contributed by atoms with van der Waals surface area (Å²) in [6.07, 6.45) is -0.523. The van der Waals surface area contributed by atoms with Gasteiger partial charge in [0.25, 0.3) is 5.91 Å². The smallest absolute Gasteiger partial charge is 0.251 e. The quantitative estimate of drug-likeness (QED) is 0.618. The second-order valence-corrected chi connectivity index (χ2v) is 8.11. The molecule has 0 unspecified atom stereocenters. The summed E-state index contributed by atoms with van der Waals surface area (Å²) in [5, 5.41) is 2.79. The van der Waals surface area contributed by atoms with Crippen molar-refractivity contribution in [2.24, 2.45) is 0 Å². The Labute approximate surface area is 178 Å². The van der Waals surface area contributed by atoms with Crippen LogP contribution < -0.4 is 10.2 Å². The molecule has 8 heteroatoms. The van der Waals surface area contributed by atoms with E-state index in [0.717, 1.165) is 5.56 Å². The van der Waals surface area contributed by atoms with E-state index >= 15 is 0 Å². The number of hydrogen-bond donors (Lipinski definition) is 1. The Hall–Kier alpha value is -2.55. The van der Waals surface area contributed by atoms with Crippen LogP contribution in [0.5, 0.6) is 0 Å². The number of rotatable bonds is 9. The molecule has 2 amide bonds. The minimum atomic E-state index is -1.42. The molecule has 0 fully saturated rings. The molecule has 30 heavy (non-hydrogen) atoms. The molecule has 0 saturated heterocycles. The van der Waals surface area contributed by atoms with Crippen molar-refractivity contribution in [1.29, 1.82) is 0 Å². The highest BCUT2D eigenvalue weighted by molar-refractivity contribution is 7.86. The molecule has 0 spiro atoms. The normalized spacial score (nSPS) is 15.9. The highest BCUT2D eigenvalue weighted by Crippen LogP contribution is 2.31. The second-order valence-electron chi connectivity index (χ2n) is 6.69. The number of fused-ring (bicyclic) bond motifs is 1. The summed E-state index contributed by atoms with van der Waals surface area (Å²) in [5.41, 5.74) is 1.84. The van der Waals surface area contributed by atoms with Gasteiger partial charge in [-0.3, -0.25) is 13.8 Å². The topological polar surface area (TPSA) is 84.9 Å². The van der Waals surface area contributed by atoms with Crippen molar-refractivity contribution >= 4 is 28.3 Å². The first-order valence-electron chi connectivity index (χ1n) is 9.91. The molecule has 2 aromatic carbocycles. The number of anilines is 1. The summed E-state index contributed by atoms with van der Waals surface area (Å²) in [4.78, 5) is 27.4. The van der Waals surface area contributed by atoms with Crippen molar-refractivity contribution in [3.8, 4) is 0 Å². The van der Waals surface area contributed by atoms with E-state index in [-0.39, 0.29) is 24.1 Å². The van der Waals surface area contributed by atoms with Gasteiger partial charge < -0.3 is 19.7 Å². The molecular formula is C22H26N2O5S. The van der Waals surface area contributed by atoms with Gasteiger partial charge in [-0.05, 0) is 37.6 Å². The van der Waals surface area contributed by atoms with Gasteiger partial charge in [-0.25, -0.2) is 0 Å². The molecule has 1 heterocycles. The molecule has 7 nitrogen and oxygen atoms in total. The minimum Gasteiger partial charge on any atom is -0.351 e. The molecule has 2 aromatic rings. The zero-order valence-corrected chi connectivity index (χ0v) is 17.9. The number of ether oxygens (including phenoxy) is 2. The third kappa shape index (κ3) is 5.33. The molecule has 1 atom stereocenters. The van der Waals surface area contributed by atoms with Crippen molar-refractivity contribution in [2.45, 2.75) is 31.6 Å². The molecule has 0 aromatic heterocycles. The van der Waals surface area contributed by atoms with Crippen molar-refractivity contribution in [1.82, 2.24) is 5.32 Å². The molecular weight excluding hydrogens is 404 g/mol. The third-order valence-corrected chi connectivity index (χ3v) is 5.98. The van der Waals surface area contributed by atoms with Gasteiger partial charge in [-0.15, -0.1) is 0 Å². The van der Waals surface area contributed by atoms with E-state index in [2.05, 4.69) is 5.32 Å². The lowest BCUT2D eigenvalue weighted by molar-refractivity contribution is -0.131. The Morgan fingerprint density at radius 1 is 1.13 bits per heavy atom. The first-order chi connectivity index (χ1) is 14.5. The summed E-state index contributed by atoms with van der Waals surface area (Å²) in [5.74, 6) is -0.601. The fourth-order valence-corrected chi connectivity index (χ4v) is 4.38. The summed E-state index contributed by atoms with van der Waals surface area (Å²) in [7, 11) is -1.42. The first kappa shape index (κ1) is 22.1. The number of carbonyl (C=O) groups excluding carboxylic acids is 2. The summed E-state index contributed by atoms with van der Waals surface area (Å²) >= 11 is 0. The zero-order chi connectivity index (χ0) is 21.5. The molecule has 3 rings (SSSR count). The van der Waals surface area contributed by atoms with E-state index in [1.54, 1.807) is 23.1 Å². The van der Waals surface area contributed by atoms with Crippen LogP contribution in [-0.4, -0.2) is 47.8 Å². The fourth-order valence-electron chi connectivity index (χ4n) is 3.22. The van der Waals surface area contributed by atoms with Gasteiger partial charge in [0.05, 0.1) is 34.5 Å². The molecule has 0 bridgehead atoms. The van der Waals surface area contributed by atoms with Crippen LogP contribution in [0.15, 0.2) is 53.4 Å². The first-order valence-corrected chi connectivity index (χ1v) is 11.2. The van der Waals surface area contributed by atoms with Crippen LogP contribution >= 0.6 is 0 Å². The minimum absolute atomic E-state index is 0.0598. The van der Waals surface area contributed by atoms with Crippen LogP contribution in [0, 0.1) is 0 Å². The van der Waals surface area contributed by atoms with Crippen LogP contribution in [0.4, 0.5) is 5.69 Å². The average Bonchev–Trinajstić information content (AvgIpc) is 2.75. The Morgan fingerprint density at radius 3 is 2.50 bits per heavy atom. The largest absolute Gasteiger partial charge is 0.351 e. The van der Waals surface area contributed by atoms with Crippen LogP contribution in [0.3, 0.4) is 0 Å². The summed E-state index contributed by atoms with van der Waals surface area (Å²) < 4.78 is 23.3. The van der Waals surface area contributed by atoms with E-state index in [9.17, 15) is 13.8 Å². The van der Waals surface area contributed by atoms with Gasteiger partial charge >= 0.3 is 0 Å². The zero-order valence-electron chi connectivity index (χ0n) is 17.1. The van der Waals surface area contributed by atoms with Crippen molar-refractivity contribution in [2.75, 3.05) is 30.4 Å². The lowest BCUT2D eigenvalue weighted by Gasteiger charge is -2.29. The van der Waals surface area contributed by atoms with Crippen molar-refractivity contribution in [3.05, 3.63) is 59.7 Å². The predicted molar refractivity (Wildman–Crippen MR) is 115 cm³/mol. The number of benzene rings is 2. The van der Waals surface area contributed by atoms with Crippen molar-refractivity contribution < 1.29 is 23.3 Å². The van der Waals surface area contributed by atoms with Gasteiger partial charge in [0, 0.05) is 18.8 Å². The van der Waals surface area contributed by atoms with Crippen LogP contribution in [-0.2, 0) is 31.6 Å². The SMILES string of the molecule is CCOC(CNC(=O)c1ccc2c(c1)N(Cc1ccccc1)C(=O)C[S@]2=O)OCC. The molecule has 0 saturated carbocycles. The molecule has 1 N–H and O–H groups in total. The van der Waals surface area contributed by atoms with E-state index < -0.39 is 17.1 Å². The van der Waals surface area contributed by atoms with E-state index in [0.29, 0.717) is 35.9 Å². The number of hydrogen-bond acceptors (Lipinski definition) is 5. The van der Waals surface area contributed by atoms with E-state index in [1.165, 1.54) is 0 Å². The number of carbonyl (C=O) groups is 2. The molecule has 0 radical (unpaired) electrons. The second kappa shape index (κ2) is 10.5. The summed E-state index contributed by atoms with van der Waals surface area (Å²) in [6, 6.07) is 14.5. The number of nitrogens with zero attached hydrogens (tertiary/aromatic N) is 1. The number of amides is 2. The summed E-state index contributed by atoms with van der Waals surface area (Å²) in [6.45, 7) is 5.22. The third-order valence-electron chi connectivity index (χ3n) is 4.63. The molecule has 1 aliphatic heterocycles. The Balaban J connectivity index is 1.81. The monoisotopic (exact) mass is 430 g/mol. The lowest BCUT2D eigenvalue weighted by atomic mass is 10.1.